The van der Waals surface area contributed by atoms with Crippen LogP contribution in [-0.4, -0.2) is 27.0 Å². The smallest absolute Gasteiger partial charge is 0.325 e. The lowest BCUT2D eigenvalue weighted by atomic mass is 9.99. The number of imide groups is 1. The van der Waals surface area contributed by atoms with Crippen molar-refractivity contribution in [1.29, 1.82) is 0 Å². The zero-order chi connectivity index (χ0) is 20.9. The van der Waals surface area contributed by atoms with Crippen molar-refractivity contribution < 1.29 is 18.4 Å². The lowest BCUT2D eigenvalue weighted by Gasteiger charge is -2.18. The van der Waals surface area contributed by atoms with Crippen molar-refractivity contribution >= 4 is 38.8 Å². The fourth-order valence-electron chi connectivity index (χ4n) is 3.43. The molecule has 0 radical (unpaired) electrons. The molecule has 3 amide bonds. The van der Waals surface area contributed by atoms with Crippen molar-refractivity contribution in [3.63, 3.8) is 0 Å². The first kappa shape index (κ1) is 18.6. The Morgan fingerprint density at radius 3 is 2.63 bits per heavy atom. The molecule has 30 heavy (non-hydrogen) atoms. The van der Waals surface area contributed by atoms with Crippen LogP contribution in [0, 0.1) is 0 Å². The number of amides is 3. The van der Waals surface area contributed by atoms with E-state index < -0.39 is 17.5 Å². The fraction of sp³-hybridized carbons (Fsp3) is 0.143. The Morgan fingerprint density at radius 2 is 1.83 bits per heavy atom. The number of hydrogen-bond donors (Lipinski definition) is 1. The number of aromatic nitrogens is 2. The second-order valence-corrected chi connectivity index (χ2v) is 7.93. The molecule has 2 aromatic heterocycles. The molecule has 0 saturated carbocycles. The van der Waals surface area contributed by atoms with E-state index in [2.05, 4.69) is 31.4 Å². The molecule has 0 unspecified atom stereocenters. The summed E-state index contributed by atoms with van der Waals surface area (Å²) in [5, 5.41) is 11.6. The van der Waals surface area contributed by atoms with Gasteiger partial charge in [0.05, 0.1) is 5.56 Å². The van der Waals surface area contributed by atoms with Crippen molar-refractivity contribution in [1.82, 2.24) is 20.4 Å². The maximum Gasteiger partial charge on any atom is 0.325 e. The number of furan rings is 1. The predicted octanol–water partition coefficient (Wildman–Crippen LogP) is 4.21. The van der Waals surface area contributed by atoms with Crippen molar-refractivity contribution in [2.75, 3.05) is 0 Å². The summed E-state index contributed by atoms with van der Waals surface area (Å²) < 4.78 is 12.3. The third-order valence-corrected chi connectivity index (χ3v) is 5.75. The lowest BCUT2D eigenvalue weighted by molar-refractivity contribution is -0.132. The molecule has 1 aliphatic heterocycles. The lowest BCUT2D eigenvalue weighted by Crippen LogP contribution is -2.40. The van der Waals surface area contributed by atoms with Crippen LogP contribution in [0.5, 0.6) is 0 Å². The fourth-order valence-corrected chi connectivity index (χ4v) is 3.89. The maximum absolute atomic E-state index is 13.1. The Hall–Kier alpha value is -3.46. The minimum Gasteiger partial charge on any atom is -0.458 e. The molecule has 0 spiro atoms. The van der Waals surface area contributed by atoms with E-state index in [1.54, 1.807) is 13.0 Å². The molecule has 1 fully saturated rings. The Bertz CT molecular complexity index is 1260. The molecule has 1 N–H and O–H groups in total. The number of fused-ring (bicyclic) bond motifs is 1. The van der Waals surface area contributed by atoms with Crippen LogP contribution in [0.4, 0.5) is 4.79 Å². The Balaban J connectivity index is 1.42. The minimum absolute atomic E-state index is 0.141. The quantitative estimate of drug-likeness (QED) is 0.452. The molecule has 8 nitrogen and oxygen atoms in total. The molecule has 1 aliphatic rings. The third-order valence-electron chi connectivity index (χ3n) is 5.06. The SMILES string of the molecule is C[C@@]1(c2cc3ccccc3o2)NC(=O)N(Cc2nnc(-c3ccccc3Br)o2)C1=O. The number of para-hydroxylation sites is 1. The molecule has 0 bridgehead atoms. The molecule has 9 heteroatoms. The zero-order valence-corrected chi connectivity index (χ0v) is 17.3. The van der Waals surface area contributed by atoms with Gasteiger partial charge in [0.25, 0.3) is 5.91 Å². The molecular weight excluding hydrogens is 452 g/mol. The van der Waals surface area contributed by atoms with Gasteiger partial charge >= 0.3 is 6.03 Å². The van der Waals surface area contributed by atoms with Crippen LogP contribution >= 0.6 is 15.9 Å². The highest BCUT2D eigenvalue weighted by Gasteiger charge is 2.51. The summed E-state index contributed by atoms with van der Waals surface area (Å²) in [7, 11) is 0. The highest BCUT2D eigenvalue weighted by atomic mass is 79.9. The van der Waals surface area contributed by atoms with Crippen molar-refractivity contribution in [3.05, 3.63) is 70.7 Å². The van der Waals surface area contributed by atoms with Gasteiger partial charge in [-0.05, 0) is 47.1 Å². The van der Waals surface area contributed by atoms with Crippen LogP contribution in [0.25, 0.3) is 22.4 Å². The van der Waals surface area contributed by atoms with Gasteiger partial charge in [-0.2, -0.15) is 0 Å². The highest BCUT2D eigenvalue weighted by Crippen LogP contribution is 2.34. The second-order valence-electron chi connectivity index (χ2n) is 7.08. The number of carbonyl (C=O) groups excluding carboxylic acids is 2. The van der Waals surface area contributed by atoms with Gasteiger partial charge in [-0.3, -0.25) is 9.69 Å². The average Bonchev–Trinajstić information content (AvgIpc) is 3.43. The van der Waals surface area contributed by atoms with Crippen LogP contribution in [0.2, 0.25) is 0 Å². The first-order valence-corrected chi connectivity index (χ1v) is 9.95. The predicted molar refractivity (Wildman–Crippen MR) is 110 cm³/mol. The van der Waals surface area contributed by atoms with E-state index in [-0.39, 0.29) is 12.4 Å². The maximum atomic E-state index is 13.1. The van der Waals surface area contributed by atoms with E-state index in [0.717, 1.165) is 20.3 Å². The first-order chi connectivity index (χ1) is 14.5. The van der Waals surface area contributed by atoms with E-state index in [1.807, 2.05) is 48.5 Å². The zero-order valence-electron chi connectivity index (χ0n) is 15.8. The monoisotopic (exact) mass is 466 g/mol. The van der Waals surface area contributed by atoms with Crippen molar-refractivity contribution in [2.45, 2.75) is 19.0 Å². The van der Waals surface area contributed by atoms with Crippen molar-refractivity contribution in [2.24, 2.45) is 0 Å². The molecule has 150 valence electrons. The van der Waals surface area contributed by atoms with Gasteiger partial charge in [0.2, 0.25) is 11.8 Å². The summed E-state index contributed by atoms with van der Waals surface area (Å²) >= 11 is 3.44. The highest BCUT2D eigenvalue weighted by molar-refractivity contribution is 9.10. The molecular formula is C21H15BrN4O4. The number of rotatable bonds is 4. The number of benzene rings is 2. The topological polar surface area (TPSA) is 101 Å². The summed E-state index contributed by atoms with van der Waals surface area (Å²) in [6.45, 7) is 1.48. The van der Waals surface area contributed by atoms with Crippen LogP contribution in [-0.2, 0) is 16.9 Å². The number of nitrogens with zero attached hydrogens (tertiary/aromatic N) is 3. The van der Waals surface area contributed by atoms with E-state index in [9.17, 15) is 9.59 Å². The molecule has 4 aromatic rings. The number of halogens is 1. The molecule has 3 heterocycles. The summed E-state index contributed by atoms with van der Waals surface area (Å²) in [5.41, 5.74) is 0.0475. The van der Waals surface area contributed by atoms with Gasteiger partial charge in [0.15, 0.2) is 5.54 Å². The summed E-state index contributed by atoms with van der Waals surface area (Å²) in [6, 6.07) is 16.0. The van der Waals surface area contributed by atoms with E-state index >= 15 is 0 Å². The van der Waals surface area contributed by atoms with Gasteiger partial charge < -0.3 is 14.2 Å². The van der Waals surface area contributed by atoms with Crippen LogP contribution in [0.15, 0.2) is 67.9 Å². The van der Waals surface area contributed by atoms with Gasteiger partial charge in [0.1, 0.15) is 17.9 Å². The summed E-state index contributed by atoms with van der Waals surface area (Å²) in [5.74, 6) is 0.360. The van der Waals surface area contributed by atoms with Gasteiger partial charge in [-0.25, -0.2) is 4.79 Å². The van der Waals surface area contributed by atoms with E-state index in [4.69, 9.17) is 8.83 Å². The van der Waals surface area contributed by atoms with Crippen LogP contribution in [0.1, 0.15) is 18.6 Å². The van der Waals surface area contributed by atoms with Crippen LogP contribution in [0.3, 0.4) is 0 Å². The molecule has 2 aromatic carbocycles. The van der Waals surface area contributed by atoms with Gasteiger partial charge in [-0.15, -0.1) is 10.2 Å². The molecule has 1 atom stereocenters. The van der Waals surface area contributed by atoms with E-state index in [1.165, 1.54) is 0 Å². The van der Waals surface area contributed by atoms with E-state index in [0.29, 0.717) is 17.2 Å². The molecule has 5 rings (SSSR count). The number of carbonyl (C=O) groups is 2. The normalized spacial score (nSPS) is 18.9. The minimum atomic E-state index is -1.32. The first-order valence-electron chi connectivity index (χ1n) is 9.16. The standard InChI is InChI=1S/C21H15BrN4O4/c1-21(16-10-12-6-2-5-9-15(12)29-16)19(27)26(20(28)23-21)11-17-24-25-18(30-17)13-7-3-4-8-14(13)22/h2-10H,11H2,1H3,(H,23,28)/t21-/m0/s1. The third kappa shape index (κ3) is 2.89. The second kappa shape index (κ2) is 6.81. The van der Waals surface area contributed by atoms with Gasteiger partial charge in [-0.1, -0.05) is 30.3 Å². The Kier molecular flexibility index (Phi) is 4.21. The molecule has 1 saturated heterocycles. The Morgan fingerprint density at radius 1 is 1.07 bits per heavy atom. The van der Waals surface area contributed by atoms with Gasteiger partial charge in [0, 0.05) is 9.86 Å². The number of hydrogen-bond acceptors (Lipinski definition) is 6. The number of nitrogens with one attached hydrogen (secondary N) is 1. The summed E-state index contributed by atoms with van der Waals surface area (Å²) in [6.07, 6.45) is 0. The largest absolute Gasteiger partial charge is 0.458 e. The van der Waals surface area contributed by atoms with Crippen molar-refractivity contribution in [3.8, 4) is 11.5 Å². The molecule has 0 aliphatic carbocycles. The van der Waals surface area contributed by atoms with Crippen LogP contribution < -0.4 is 5.32 Å². The average molecular weight is 467 g/mol. The summed E-state index contributed by atoms with van der Waals surface area (Å²) in [4.78, 5) is 26.8. The Labute approximate surface area is 179 Å². The number of urea groups is 1.